The highest BCUT2D eigenvalue weighted by Crippen LogP contribution is 2.27. The molecule has 0 bridgehead atoms. The Morgan fingerprint density at radius 1 is 1.19 bits per heavy atom. The van der Waals surface area contributed by atoms with E-state index >= 15 is 0 Å². The van der Waals surface area contributed by atoms with Crippen LogP contribution in [-0.2, 0) is 26.4 Å². The van der Waals surface area contributed by atoms with Crippen LogP contribution in [0.2, 0.25) is 0 Å². The van der Waals surface area contributed by atoms with Gasteiger partial charge in [0.15, 0.2) is 5.69 Å². The maximum Gasteiger partial charge on any atom is 0.274 e. The van der Waals surface area contributed by atoms with Gasteiger partial charge in [-0.3, -0.25) is 9.48 Å². The Morgan fingerprint density at radius 2 is 2.00 bits per heavy atom. The van der Waals surface area contributed by atoms with Crippen molar-refractivity contribution in [1.29, 1.82) is 0 Å². The summed E-state index contributed by atoms with van der Waals surface area (Å²) in [5.41, 5.74) is 5.23. The summed E-state index contributed by atoms with van der Waals surface area (Å²) in [6, 6.07) is 10.6. The third-order valence-corrected chi connectivity index (χ3v) is 7.31. The molecule has 1 saturated heterocycles. The molecule has 1 aliphatic heterocycles. The predicted octanol–water partition coefficient (Wildman–Crippen LogP) is 3.82. The number of carbonyl (C=O) groups excluding carboxylic acids is 1. The van der Waals surface area contributed by atoms with Gasteiger partial charge in [-0.2, -0.15) is 5.10 Å². The van der Waals surface area contributed by atoms with Gasteiger partial charge in [-0.25, -0.2) is 4.98 Å². The molecule has 1 atom stereocenters. The van der Waals surface area contributed by atoms with Crippen molar-refractivity contribution in [3.8, 4) is 11.3 Å². The van der Waals surface area contributed by atoms with E-state index < -0.39 is 0 Å². The Bertz CT molecular complexity index is 1050. The second-order valence-electron chi connectivity index (χ2n) is 8.56. The fourth-order valence-electron chi connectivity index (χ4n) is 4.75. The number of nitrogens with zero attached hydrogens (tertiary/aromatic N) is 4. The van der Waals surface area contributed by atoms with Gasteiger partial charge in [0, 0.05) is 54.9 Å². The summed E-state index contributed by atoms with van der Waals surface area (Å²) >= 11 is 1.70. The fourth-order valence-corrected chi connectivity index (χ4v) is 5.50. The van der Waals surface area contributed by atoms with E-state index in [1.807, 2.05) is 34.8 Å². The molecule has 2 aliphatic rings. The van der Waals surface area contributed by atoms with Crippen LogP contribution in [-0.4, -0.2) is 44.7 Å². The van der Waals surface area contributed by atoms with Gasteiger partial charge in [0.05, 0.1) is 5.69 Å². The number of aromatic nitrogens is 3. The number of thiazole rings is 1. The molecule has 31 heavy (non-hydrogen) atoms. The average molecular weight is 436 g/mol. The van der Waals surface area contributed by atoms with Crippen LogP contribution in [0, 0.1) is 0 Å². The first-order chi connectivity index (χ1) is 15.2. The Kier molecular flexibility index (Phi) is 5.87. The maximum atomic E-state index is 13.1. The van der Waals surface area contributed by atoms with Crippen molar-refractivity contribution in [2.75, 3.05) is 13.1 Å². The summed E-state index contributed by atoms with van der Waals surface area (Å²) in [5.74, 6) is 0.115. The van der Waals surface area contributed by atoms with Crippen molar-refractivity contribution in [2.24, 2.45) is 7.05 Å². The molecular weight excluding hydrogens is 406 g/mol. The summed E-state index contributed by atoms with van der Waals surface area (Å²) in [5, 5.41) is 11.6. The third kappa shape index (κ3) is 4.29. The van der Waals surface area contributed by atoms with Crippen molar-refractivity contribution in [3.63, 3.8) is 0 Å². The lowest BCUT2D eigenvalue weighted by atomic mass is 9.91. The molecule has 1 aromatic carbocycles. The van der Waals surface area contributed by atoms with Gasteiger partial charge in [0.2, 0.25) is 0 Å². The molecule has 3 heterocycles. The minimum atomic E-state index is 0.115. The number of fused-ring (bicyclic) bond motifs is 1. The first-order valence-electron chi connectivity index (χ1n) is 11.3. The molecule has 6 nitrogen and oxygen atoms in total. The number of rotatable bonds is 5. The standard InChI is InChI=1S/C24H29N5OS/c1-28-21-11-10-18(14-19(21)23(27-28)24(30)29-12-6-3-7-13-29)25-15-22-26-20(16-31-22)17-8-4-2-5-9-17/h2,4-5,8-9,16,18,25H,3,6-7,10-15H2,1H3. The van der Waals surface area contributed by atoms with Crippen LogP contribution >= 0.6 is 11.3 Å². The van der Waals surface area contributed by atoms with Gasteiger partial charge in [-0.1, -0.05) is 30.3 Å². The summed E-state index contributed by atoms with van der Waals surface area (Å²) in [7, 11) is 1.97. The third-order valence-electron chi connectivity index (χ3n) is 6.46. The van der Waals surface area contributed by atoms with Gasteiger partial charge in [-0.15, -0.1) is 11.3 Å². The molecule has 1 fully saturated rings. The highest BCUT2D eigenvalue weighted by Gasteiger charge is 2.30. The van der Waals surface area contributed by atoms with E-state index in [2.05, 4.69) is 27.9 Å². The van der Waals surface area contributed by atoms with Gasteiger partial charge < -0.3 is 10.2 Å². The molecule has 0 spiro atoms. The van der Waals surface area contributed by atoms with E-state index in [0.29, 0.717) is 11.7 Å². The van der Waals surface area contributed by atoms with E-state index in [4.69, 9.17) is 4.98 Å². The van der Waals surface area contributed by atoms with Gasteiger partial charge in [0.1, 0.15) is 5.01 Å². The first kappa shape index (κ1) is 20.4. The lowest BCUT2D eigenvalue weighted by Crippen LogP contribution is -2.38. The molecule has 3 aromatic rings. The van der Waals surface area contributed by atoms with E-state index in [1.165, 1.54) is 12.1 Å². The summed E-state index contributed by atoms with van der Waals surface area (Å²) < 4.78 is 1.93. The number of hydrogen-bond acceptors (Lipinski definition) is 5. The lowest BCUT2D eigenvalue weighted by Gasteiger charge is -2.27. The Hall–Kier alpha value is -2.51. The lowest BCUT2D eigenvalue weighted by molar-refractivity contribution is 0.0716. The summed E-state index contributed by atoms with van der Waals surface area (Å²) in [4.78, 5) is 19.9. The highest BCUT2D eigenvalue weighted by atomic mass is 32.1. The zero-order chi connectivity index (χ0) is 21.2. The number of nitrogens with one attached hydrogen (secondary N) is 1. The van der Waals surface area contributed by atoms with Crippen molar-refractivity contribution in [3.05, 3.63) is 57.7 Å². The predicted molar refractivity (Wildman–Crippen MR) is 123 cm³/mol. The van der Waals surface area contributed by atoms with Crippen LogP contribution in [0.3, 0.4) is 0 Å². The zero-order valence-corrected chi connectivity index (χ0v) is 18.8. The van der Waals surface area contributed by atoms with E-state index in [-0.39, 0.29) is 5.91 Å². The first-order valence-corrected chi connectivity index (χ1v) is 12.1. The molecule has 0 radical (unpaired) electrons. The van der Waals surface area contributed by atoms with Crippen molar-refractivity contribution < 1.29 is 4.79 Å². The zero-order valence-electron chi connectivity index (χ0n) is 18.0. The number of piperidine rings is 1. The normalized spacial score (nSPS) is 18.7. The highest BCUT2D eigenvalue weighted by molar-refractivity contribution is 7.09. The smallest absolute Gasteiger partial charge is 0.274 e. The molecule has 5 rings (SSSR count). The van der Waals surface area contributed by atoms with Crippen LogP contribution < -0.4 is 5.32 Å². The van der Waals surface area contributed by atoms with Crippen LogP contribution in [0.25, 0.3) is 11.3 Å². The molecule has 2 aromatic heterocycles. The monoisotopic (exact) mass is 435 g/mol. The molecule has 1 N–H and O–H groups in total. The average Bonchev–Trinajstić information content (AvgIpc) is 3.43. The number of likely N-dealkylation sites (tertiary alicyclic amines) is 1. The van der Waals surface area contributed by atoms with Gasteiger partial charge in [0.25, 0.3) is 5.91 Å². The number of carbonyl (C=O) groups is 1. The summed E-state index contributed by atoms with van der Waals surface area (Å²) in [6.07, 6.45) is 6.29. The second kappa shape index (κ2) is 8.93. The maximum absolute atomic E-state index is 13.1. The molecule has 1 aliphatic carbocycles. The molecule has 1 amide bonds. The fraction of sp³-hybridized carbons (Fsp3) is 0.458. The second-order valence-corrected chi connectivity index (χ2v) is 9.51. The Labute approximate surface area is 187 Å². The largest absolute Gasteiger partial charge is 0.337 e. The molecule has 0 saturated carbocycles. The van der Waals surface area contributed by atoms with E-state index in [1.54, 1.807) is 11.3 Å². The van der Waals surface area contributed by atoms with Crippen LogP contribution in [0.1, 0.15) is 52.4 Å². The number of benzene rings is 1. The number of amides is 1. The number of hydrogen-bond donors (Lipinski definition) is 1. The van der Waals surface area contributed by atoms with E-state index in [9.17, 15) is 4.79 Å². The SMILES string of the molecule is Cn1nc(C(=O)N2CCCCC2)c2c1CCC(NCc1nc(-c3ccccc3)cs1)C2. The van der Waals surface area contributed by atoms with Crippen molar-refractivity contribution in [1.82, 2.24) is 25.0 Å². The number of aryl methyl sites for hydroxylation is 1. The quantitative estimate of drug-likeness (QED) is 0.662. The topological polar surface area (TPSA) is 63.1 Å². The van der Waals surface area contributed by atoms with Crippen molar-refractivity contribution >= 4 is 17.2 Å². The Morgan fingerprint density at radius 3 is 2.81 bits per heavy atom. The molecule has 162 valence electrons. The van der Waals surface area contributed by atoms with Crippen molar-refractivity contribution in [2.45, 2.75) is 51.1 Å². The van der Waals surface area contributed by atoms with Gasteiger partial charge in [-0.05, 0) is 38.5 Å². The molecular formula is C24H29N5OS. The van der Waals surface area contributed by atoms with Crippen LogP contribution in [0.15, 0.2) is 35.7 Å². The summed E-state index contributed by atoms with van der Waals surface area (Å²) in [6.45, 7) is 2.48. The molecule has 7 heteroatoms. The minimum absolute atomic E-state index is 0.115. The van der Waals surface area contributed by atoms with Gasteiger partial charge >= 0.3 is 0 Å². The van der Waals surface area contributed by atoms with Crippen LogP contribution in [0.4, 0.5) is 0 Å². The van der Waals surface area contributed by atoms with E-state index in [0.717, 1.165) is 73.6 Å². The minimum Gasteiger partial charge on any atom is -0.337 e. The van der Waals surface area contributed by atoms with Crippen LogP contribution in [0.5, 0.6) is 0 Å². The molecule has 1 unspecified atom stereocenters. The Balaban J connectivity index is 1.25.